The Labute approximate surface area is 146 Å². The van der Waals surface area contributed by atoms with Crippen LogP contribution in [0.3, 0.4) is 0 Å². The van der Waals surface area contributed by atoms with Crippen LogP contribution in [0.25, 0.3) is 0 Å². The van der Waals surface area contributed by atoms with Gasteiger partial charge in [-0.05, 0) is 6.42 Å². The van der Waals surface area contributed by atoms with Gasteiger partial charge in [0, 0.05) is 12.2 Å². The molecule has 7 N–H and O–H groups in total. The number of nitrogens with one attached hydrogen (secondary N) is 2. The summed E-state index contributed by atoms with van der Waals surface area (Å²) in [5.74, 6) is -3.70. The SMILES string of the molecule is N[C@@H](CCC(=O)N[C@@H](CS)C(=O)NCC(=O)O)C(=O)O.[O]=[V](=[O])[OH]. The first-order valence-corrected chi connectivity index (χ1v) is 8.62. The molecule has 14 heteroatoms. The van der Waals surface area contributed by atoms with Gasteiger partial charge in [-0.1, -0.05) is 0 Å². The second-order valence-corrected chi connectivity index (χ2v) is 5.24. The number of hydrogen-bond donors (Lipinski definition) is 7. The van der Waals surface area contributed by atoms with Crippen molar-refractivity contribution in [1.29, 1.82) is 0 Å². The predicted molar refractivity (Wildman–Crippen MR) is 74.9 cm³/mol. The van der Waals surface area contributed by atoms with E-state index in [0.29, 0.717) is 0 Å². The Morgan fingerprint density at radius 3 is 2.04 bits per heavy atom. The monoisotopic (exact) mass is 407 g/mol. The van der Waals surface area contributed by atoms with Gasteiger partial charge in [0.25, 0.3) is 0 Å². The van der Waals surface area contributed by atoms with E-state index in [9.17, 15) is 19.2 Å². The molecule has 0 aromatic heterocycles. The van der Waals surface area contributed by atoms with Crippen molar-refractivity contribution in [2.45, 2.75) is 24.9 Å². The Morgan fingerprint density at radius 1 is 1.17 bits per heavy atom. The Hall–Kier alpha value is -1.67. The van der Waals surface area contributed by atoms with Crippen molar-refractivity contribution < 1.29 is 56.2 Å². The second-order valence-electron chi connectivity index (χ2n) is 4.14. The number of rotatable bonds is 9. The molecule has 0 heterocycles. The van der Waals surface area contributed by atoms with Gasteiger partial charge >= 0.3 is 38.7 Å². The minimum atomic E-state index is -3.69. The van der Waals surface area contributed by atoms with Gasteiger partial charge in [0.15, 0.2) is 0 Å². The normalized spacial score (nSPS) is 12.0. The van der Waals surface area contributed by atoms with Crippen LogP contribution < -0.4 is 16.4 Å². The van der Waals surface area contributed by atoms with Crippen molar-refractivity contribution in [1.82, 2.24) is 10.6 Å². The molecule has 0 aliphatic heterocycles. The molecule has 0 unspecified atom stereocenters. The number of nitrogens with two attached hydrogens (primary N) is 1. The van der Waals surface area contributed by atoms with Crippen LogP contribution in [0.4, 0.5) is 0 Å². The zero-order chi connectivity index (χ0) is 19.3. The van der Waals surface area contributed by atoms with Crippen molar-refractivity contribution in [2.75, 3.05) is 12.3 Å². The van der Waals surface area contributed by atoms with E-state index in [4.69, 9.17) is 27.3 Å². The van der Waals surface area contributed by atoms with Gasteiger partial charge in [0.1, 0.15) is 18.6 Å². The average Bonchev–Trinajstić information content (AvgIpc) is 2.46. The summed E-state index contributed by atoms with van der Waals surface area (Å²) >= 11 is 0.186. The number of carbonyl (C=O) groups is 4. The standard InChI is InChI=1S/C10H17N3O6S.H2O.2O.V/c11-5(10(18)19)1-2-7(14)13-6(4-20)9(17)12-3-8(15)16;;;;/h5-6,20H,1-4,11H2,(H,12,17)(H,13,14)(H,15,16)(H,18,19);1H2;;;/q;;;;+1/p-1/t5-,6-;;;;/m0..../s1. The number of hydrogen-bond acceptors (Lipinski definition) is 8. The van der Waals surface area contributed by atoms with Gasteiger partial charge in [-0.2, -0.15) is 12.6 Å². The van der Waals surface area contributed by atoms with Crippen LogP contribution in [0.1, 0.15) is 12.8 Å². The van der Waals surface area contributed by atoms with E-state index in [1.807, 2.05) is 0 Å². The topological polar surface area (TPSA) is 213 Å². The van der Waals surface area contributed by atoms with Crippen LogP contribution in [0.15, 0.2) is 0 Å². The molecule has 12 nitrogen and oxygen atoms in total. The molecule has 2 atom stereocenters. The van der Waals surface area contributed by atoms with Gasteiger partial charge in [0.2, 0.25) is 11.8 Å². The quantitative estimate of drug-likeness (QED) is 0.192. The second kappa shape index (κ2) is 13.7. The average molecular weight is 407 g/mol. The number of amides is 2. The first kappa shape index (κ1) is 24.6. The predicted octanol–water partition coefficient (Wildman–Crippen LogP) is -3.00. The third-order valence-electron chi connectivity index (χ3n) is 2.25. The van der Waals surface area contributed by atoms with E-state index in [1.165, 1.54) is 0 Å². The first-order chi connectivity index (χ1) is 11.0. The van der Waals surface area contributed by atoms with Crippen LogP contribution in [-0.4, -0.2) is 62.4 Å². The Morgan fingerprint density at radius 2 is 1.67 bits per heavy atom. The van der Waals surface area contributed by atoms with Crippen LogP contribution in [0, 0.1) is 0 Å². The molecule has 0 aliphatic carbocycles. The molecular weight excluding hydrogens is 389 g/mol. The number of carboxylic acids is 2. The molecule has 0 aromatic carbocycles. The Kier molecular flexibility index (Phi) is 14.1. The Balaban J connectivity index is 0. The van der Waals surface area contributed by atoms with Gasteiger partial charge < -0.3 is 26.6 Å². The molecule has 0 saturated carbocycles. The van der Waals surface area contributed by atoms with Gasteiger partial charge in [0.05, 0.1) is 0 Å². The summed E-state index contributed by atoms with van der Waals surface area (Å²) in [5.41, 5.74) is 5.23. The molecule has 0 spiro atoms. The summed E-state index contributed by atoms with van der Waals surface area (Å²) in [6.07, 6.45) is -0.235. The van der Waals surface area contributed by atoms with Crippen molar-refractivity contribution in [3.05, 3.63) is 0 Å². The molecule has 0 radical (unpaired) electrons. The Bertz CT molecular complexity index is 518. The van der Waals surface area contributed by atoms with Crippen molar-refractivity contribution in [2.24, 2.45) is 5.73 Å². The molecule has 0 aromatic rings. The molecule has 0 bridgehead atoms. The van der Waals surface area contributed by atoms with Crippen molar-refractivity contribution in [3.63, 3.8) is 0 Å². The fourth-order valence-corrected chi connectivity index (χ4v) is 1.41. The summed E-state index contributed by atoms with van der Waals surface area (Å²) in [7, 11) is 0. The van der Waals surface area contributed by atoms with Crippen molar-refractivity contribution in [3.8, 4) is 0 Å². The molecular formula is C10H18N3O9SV. The van der Waals surface area contributed by atoms with Gasteiger partial charge in [-0.25, -0.2) is 0 Å². The van der Waals surface area contributed by atoms with Crippen LogP contribution in [0.2, 0.25) is 0 Å². The number of thiol groups is 1. The maximum absolute atomic E-state index is 11.5. The molecule has 24 heavy (non-hydrogen) atoms. The molecule has 0 aliphatic rings. The van der Waals surface area contributed by atoms with E-state index in [-0.39, 0.29) is 18.6 Å². The van der Waals surface area contributed by atoms with E-state index < -0.39 is 57.8 Å². The zero-order valence-electron chi connectivity index (χ0n) is 12.2. The minimum absolute atomic E-state index is 0.0256. The van der Waals surface area contributed by atoms with Crippen molar-refractivity contribution >= 4 is 36.4 Å². The fourth-order valence-electron chi connectivity index (χ4n) is 1.16. The molecule has 138 valence electrons. The number of carboxylic acid groups (broad SMARTS) is 2. The van der Waals surface area contributed by atoms with E-state index in [0.717, 1.165) is 0 Å². The maximum atomic E-state index is 11.5. The molecule has 0 rings (SSSR count). The van der Waals surface area contributed by atoms with Crippen LogP contribution in [0.5, 0.6) is 0 Å². The first-order valence-electron chi connectivity index (χ1n) is 6.22. The fraction of sp³-hybridized carbons (Fsp3) is 0.600. The summed E-state index contributed by atoms with van der Waals surface area (Å²) < 4.78 is 24.4. The van der Waals surface area contributed by atoms with Crippen LogP contribution >= 0.6 is 12.6 Å². The molecule has 0 saturated heterocycles. The third kappa shape index (κ3) is 15.2. The zero-order valence-corrected chi connectivity index (χ0v) is 14.5. The number of carbonyl (C=O) groups excluding carboxylic acids is 2. The van der Waals surface area contributed by atoms with E-state index >= 15 is 0 Å². The van der Waals surface area contributed by atoms with E-state index in [1.54, 1.807) is 0 Å². The summed E-state index contributed by atoms with van der Waals surface area (Å²) in [6.45, 7) is -0.567. The summed E-state index contributed by atoms with van der Waals surface area (Å²) in [6, 6.07) is -2.15. The summed E-state index contributed by atoms with van der Waals surface area (Å²) in [5, 5.41) is 21.4. The third-order valence-corrected chi connectivity index (χ3v) is 2.61. The van der Waals surface area contributed by atoms with Crippen LogP contribution in [-0.2, 0) is 41.9 Å². The molecule has 2 amide bonds. The van der Waals surface area contributed by atoms with E-state index in [2.05, 4.69) is 23.3 Å². The summed E-state index contributed by atoms with van der Waals surface area (Å²) in [4.78, 5) is 43.7. The number of aliphatic carboxylic acids is 2. The molecule has 0 fully saturated rings. The van der Waals surface area contributed by atoms with Gasteiger partial charge in [-0.15, -0.1) is 0 Å². The van der Waals surface area contributed by atoms with Gasteiger partial charge in [-0.3, -0.25) is 19.2 Å².